The van der Waals surface area contributed by atoms with Gasteiger partial charge in [-0.2, -0.15) is 0 Å². The van der Waals surface area contributed by atoms with E-state index in [1.165, 1.54) is 0 Å². The van der Waals surface area contributed by atoms with Crippen molar-refractivity contribution >= 4 is 12.0 Å². The predicted molar refractivity (Wildman–Crippen MR) is 99.9 cm³/mol. The molecule has 1 atom stereocenters. The van der Waals surface area contributed by atoms with Crippen molar-refractivity contribution < 1.29 is 28.7 Å². The first-order valence-corrected chi connectivity index (χ1v) is 8.86. The molecule has 8 nitrogen and oxygen atoms in total. The third-order valence-electron chi connectivity index (χ3n) is 4.39. The molecule has 1 unspecified atom stereocenters. The van der Waals surface area contributed by atoms with Crippen LogP contribution >= 0.6 is 0 Å². The van der Waals surface area contributed by atoms with E-state index in [9.17, 15) is 9.59 Å². The number of likely N-dealkylation sites (N-methyl/N-ethyl adjacent to an activating group) is 1. The maximum atomic E-state index is 12.2. The molecule has 1 heterocycles. The van der Waals surface area contributed by atoms with Crippen LogP contribution < -0.4 is 25.0 Å². The summed E-state index contributed by atoms with van der Waals surface area (Å²) in [6.45, 7) is 5.40. The molecule has 0 radical (unpaired) electrons. The number of methoxy groups -OCH3 is 2. The quantitative estimate of drug-likeness (QED) is 0.561. The van der Waals surface area contributed by atoms with Crippen LogP contribution in [0.5, 0.6) is 11.5 Å². The van der Waals surface area contributed by atoms with Gasteiger partial charge in [-0.3, -0.25) is 0 Å². The van der Waals surface area contributed by atoms with Gasteiger partial charge < -0.3 is 29.7 Å². The highest BCUT2D eigenvalue weighted by molar-refractivity contribution is 5.93. The van der Waals surface area contributed by atoms with Crippen LogP contribution in [0.1, 0.15) is 18.1 Å². The lowest BCUT2D eigenvalue weighted by Crippen LogP contribution is -3.08. The lowest BCUT2D eigenvalue weighted by Gasteiger charge is -2.24. The number of aryl methyl sites for hydroxylation is 1. The van der Waals surface area contributed by atoms with Crippen molar-refractivity contribution in [3.8, 4) is 11.5 Å². The minimum Gasteiger partial charge on any atom is -0.493 e. The molecule has 0 saturated heterocycles. The van der Waals surface area contributed by atoms with Crippen LogP contribution in [-0.2, 0) is 16.1 Å². The highest BCUT2D eigenvalue weighted by Crippen LogP contribution is 2.29. The first-order valence-electron chi connectivity index (χ1n) is 8.86. The Hall–Kier alpha value is -2.74. The second kappa shape index (κ2) is 9.27. The highest BCUT2D eigenvalue weighted by atomic mass is 16.5. The molecule has 0 fully saturated rings. The number of benzene rings is 1. The topological polar surface area (TPSA) is 90.3 Å². The van der Waals surface area contributed by atoms with E-state index in [4.69, 9.17) is 14.2 Å². The van der Waals surface area contributed by atoms with E-state index in [1.54, 1.807) is 21.1 Å². The van der Waals surface area contributed by atoms with Crippen molar-refractivity contribution in [2.24, 2.45) is 0 Å². The number of urea groups is 1. The summed E-state index contributed by atoms with van der Waals surface area (Å²) in [7, 11) is 5.21. The van der Waals surface area contributed by atoms with Gasteiger partial charge in [-0.05, 0) is 31.5 Å². The lowest BCUT2D eigenvalue weighted by molar-refractivity contribution is -0.889. The SMILES string of the molecule is CCOC(=O)C1=C(C[NH+](C)Cc2cc(OC)c(OC)cc2C)NC(=O)NC1. The van der Waals surface area contributed by atoms with Gasteiger partial charge in [-0.15, -0.1) is 0 Å². The second-order valence-corrected chi connectivity index (χ2v) is 6.43. The number of hydrogen-bond donors (Lipinski definition) is 3. The molecule has 3 N–H and O–H groups in total. The number of carbonyl (C=O) groups excluding carboxylic acids is 2. The number of rotatable bonds is 8. The Morgan fingerprint density at radius 2 is 1.85 bits per heavy atom. The van der Waals surface area contributed by atoms with Crippen LogP contribution in [-0.4, -0.2) is 53.0 Å². The Morgan fingerprint density at radius 3 is 2.48 bits per heavy atom. The summed E-state index contributed by atoms with van der Waals surface area (Å²) < 4.78 is 15.8. The Labute approximate surface area is 159 Å². The summed E-state index contributed by atoms with van der Waals surface area (Å²) in [5.41, 5.74) is 3.23. The van der Waals surface area contributed by atoms with Gasteiger partial charge in [0, 0.05) is 5.56 Å². The molecule has 1 aliphatic rings. The molecule has 0 spiro atoms. The van der Waals surface area contributed by atoms with Crippen LogP contribution in [0.25, 0.3) is 0 Å². The molecule has 0 aromatic heterocycles. The van der Waals surface area contributed by atoms with Crippen molar-refractivity contribution in [2.75, 3.05) is 41.0 Å². The fourth-order valence-electron chi connectivity index (χ4n) is 3.00. The van der Waals surface area contributed by atoms with E-state index in [0.29, 0.717) is 35.9 Å². The van der Waals surface area contributed by atoms with Crippen LogP contribution in [0, 0.1) is 6.92 Å². The van der Waals surface area contributed by atoms with Gasteiger partial charge >= 0.3 is 12.0 Å². The summed E-state index contributed by atoms with van der Waals surface area (Å²) in [5.74, 6) is 0.955. The molecule has 0 aliphatic carbocycles. The molecule has 8 heteroatoms. The fraction of sp³-hybridized carbons (Fsp3) is 0.474. The molecule has 2 amide bonds. The van der Waals surface area contributed by atoms with Crippen LogP contribution in [0.3, 0.4) is 0 Å². The summed E-state index contributed by atoms with van der Waals surface area (Å²) in [6.07, 6.45) is 0. The van der Waals surface area contributed by atoms with Gasteiger partial charge in [0.1, 0.15) is 13.1 Å². The number of ether oxygens (including phenoxy) is 3. The van der Waals surface area contributed by atoms with Crippen molar-refractivity contribution in [2.45, 2.75) is 20.4 Å². The molecule has 0 saturated carbocycles. The Balaban J connectivity index is 2.19. The zero-order valence-electron chi connectivity index (χ0n) is 16.5. The summed E-state index contributed by atoms with van der Waals surface area (Å²) in [4.78, 5) is 25.0. The maximum absolute atomic E-state index is 12.2. The van der Waals surface area contributed by atoms with Gasteiger partial charge in [-0.25, -0.2) is 9.59 Å². The van der Waals surface area contributed by atoms with E-state index >= 15 is 0 Å². The fourth-order valence-corrected chi connectivity index (χ4v) is 3.00. The number of hydrogen-bond acceptors (Lipinski definition) is 5. The molecule has 1 aromatic carbocycles. The Morgan fingerprint density at radius 1 is 1.19 bits per heavy atom. The molecule has 0 bridgehead atoms. The standard InChI is InChI=1S/C19H27N3O5/c1-6-27-18(23)14-9-20-19(24)21-15(14)11-22(3)10-13-8-17(26-5)16(25-4)7-12(13)2/h7-8H,6,9-11H2,1-5H3,(H2,20,21,24)/p+1. The average molecular weight is 378 g/mol. The minimum atomic E-state index is -0.407. The summed E-state index contributed by atoms with van der Waals surface area (Å²) in [5, 5.41) is 5.35. The number of esters is 1. The van der Waals surface area contributed by atoms with Crippen LogP contribution in [0.4, 0.5) is 4.79 Å². The Bertz CT molecular complexity index is 745. The number of quaternary nitrogens is 1. The molecule has 27 heavy (non-hydrogen) atoms. The van der Waals surface area contributed by atoms with E-state index in [0.717, 1.165) is 16.0 Å². The first-order chi connectivity index (χ1) is 12.9. The summed E-state index contributed by atoms with van der Waals surface area (Å²) >= 11 is 0. The zero-order valence-corrected chi connectivity index (χ0v) is 16.5. The minimum absolute atomic E-state index is 0.169. The number of nitrogens with one attached hydrogen (secondary N) is 3. The zero-order chi connectivity index (χ0) is 20.0. The van der Waals surface area contributed by atoms with Crippen molar-refractivity contribution in [3.05, 3.63) is 34.5 Å². The number of amides is 2. The van der Waals surface area contributed by atoms with E-state index in [-0.39, 0.29) is 19.2 Å². The Kier molecular flexibility index (Phi) is 7.06. The van der Waals surface area contributed by atoms with Gasteiger partial charge in [0.05, 0.1) is 45.7 Å². The van der Waals surface area contributed by atoms with E-state index in [1.807, 2.05) is 26.1 Å². The van der Waals surface area contributed by atoms with E-state index in [2.05, 4.69) is 10.6 Å². The molecule has 148 valence electrons. The smallest absolute Gasteiger partial charge is 0.337 e. The van der Waals surface area contributed by atoms with Crippen molar-refractivity contribution in [1.82, 2.24) is 10.6 Å². The summed E-state index contributed by atoms with van der Waals surface area (Å²) in [6, 6.07) is 3.59. The van der Waals surface area contributed by atoms with Crippen molar-refractivity contribution in [3.63, 3.8) is 0 Å². The second-order valence-electron chi connectivity index (χ2n) is 6.43. The van der Waals surface area contributed by atoms with Gasteiger partial charge in [-0.1, -0.05) is 0 Å². The number of carbonyl (C=O) groups is 2. The van der Waals surface area contributed by atoms with Crippen LogP contribution in [0.15, 0.2) is 23.4 Å². The molecular formula is C19H28N3O5+. The van der Waals surface area contributed by atoms with Crippen LogP contribution in [0.2, 0.25) is 0 Å². The maximum Gasteiger partial charge on any atom is 0.337 e. The third-order valence-corrected chi connectivity index (χ3v) is 4.39. The lowest BCUT2D eigenvalue weighted by atomic mass is 10.1. The average Bonchev–Trinajstić information content (AvgIpc) is 2.63. The first kappa shape index (κ1) is 20.6. The largest absolute Gasteiger partial charge is 0.493 e. The molecule has 2 rings (SSSR count). The predicted octanol–water partition coefficient (Wildman–Crippen LogP) is 0.157. The van der Waals surface area contributed by atoms with Gasteiger partial charge in [0.2, 0.25) is 0 Å². The third kappa shape index (κ3) is 5.13. The van der Waals surface area contributed by atoms with Gasteiger partial charge in [0.25, 0.3) is 0 Å². The molecular weight excluding hydrogens is 350 g/mol. The molecule has 1 aliphatic heterocycles. The monoisotopic (exact) mass is 378 g/mol. The molecule has 1 aromatic rings. The van der Waals surface area contributed by atoms with Gasteiger partial charge in [0.15, 0.2) is 11.5 Å². The van der Waals surface area contributed by atoms with E-state index < -0.39 is 5.97 Å². The van der Waals surface area contributed by atoms with Crippen molar-refractivity contribution in [1.29, 1.82) is 0 Å². The normalized spacial score (nSPS) is 14.9. The highest BCUT2D eigenvalue weighted by Gasteiger charge is 2.26.